The zero-order chi connectivity index (χ0) is 14.8. The van der Waals surface area contributed by atoms with Crippen molar-refractivity contribution in [1.29, 1.82) is 5.26 Å². The molecule has 106 valence electrons. The van der Waals surface area contributed by atoms with Gasteiger partial charge in [-0.25, -0.2) is 0 Å². The molecule has 0 aromatic heterocycles. The molecule has 0 radical (unpaired) electrons. The van der Waals surface area contributed by atoms with E-state index >= 15 is 0 Å². The van der Waals surface area contributed by atoms with E-state index in [0.717, 1.165) is 0 Å². The first-order valence-corrected chi connectivity index (χ1v) is 6.04. The van der Waals surface area contributed by atoms with Crippen LogP contribution in [0.15, 0.2) is 0 Å². The molecule has 0 rings (SSSR count). The van der Waals surface area contributed by atoms with Crippen LogP contribution in [0.3, 0.4) is 0 Å². The van der Waals surface area contributed by atoms with Crippen LogP contribution in [-0.2, 0) is 19.1 Å². The third-order valence-corrected chi connectivity index (χ3v) is 2.35. The molecule has 3 N–H and O–H groups in total. The fourth-order valence-corrected chi connectivity index (χ4v) is 1.37. The van der Waals surface area contributed by atoms with Gasteiger partial charge in [-0.3, -0.25) is 14.4 Å². The quantitative estimate of drug-likeness (QED) is 0.593. The number of primary amides is 1. The van der Waals surface area contributed by atoms with Crippen molar-refractivity contribution in [3.63, 3.8) is 0 Å². The van der Waals surface area contributed by atoms with Crippen molar-refractivity contribution in [3.05, 3.63) is 0 Å². The van der Waals surface area contributed by atoms with Crippen molar-refractivity contribution in [2.45, 2.75) is 39.2 Å². The summed E-state index contributed by atoms with van der Waals surface area (Å²) in [6, 6.07) is 1.06. The molecule has 7 heteroatoms. The molecule has 0 aromatic carbocycles. The highest BCUT2D eigenvalue weighted by atomic mass is 16.5. The zero-order valence-electron chi connectivity index (χ0n) is 11.1. The van der Waals surface area contributed by atoms with Crippen molar-refractivity contribution in [2.75, 3.05) is 6.61 Å². The number of nitrogens with two attached hydrogens (primary N) is 1. The number of nitrogens with one attached hydrogen (secondary N) is 1. The van der Waals surface area contributed by atoms with E-state index in [1.54, 1.807) is 13.8 Å². The number of nitrogens with zero attached hydrogens (tertiary/aromatic N) is 1. The number of carbonyl (C=O) groups excluding carboxylic acids is 3. The van der Waals surface area contributed by atoms with Crippen molar-refractivity contribution < 1.29 is 19.1 Å². The second-order valence-corrected chi connectivity index (χ2v) is 4.09. The Kier molecular flexibility index (Phi) is 7.93. The van der Waals surface area contributed by atoms with Crippen molar-refractivity contribution in [2.24, 2.45) is 11.7 Å². The van der Waals surface area contributed by atoms with E-state index in [1.165, 1.54) is 0 Å². The lowest BCUT2D eigenvalue weighted by Gasteiger charge is -2.16. The number of rotatable bonds is 8. The summed E-state index contributed by atoms with van der Waals surface area (Å²) in [6.07, 6.45) is 0.0134. The molecule has 0 fully saturated rings. The molecule has 2 atom stereocenters. The molecule has 0 spiro atoms. The molecule has 0 aromatic rings. The maximum atomic E-state index is 11.5. The topological polar surface area (TPSA) is 122 Å². The summed E-state index contributed by atoms with van der Waals surface area (Å²) in [4.78, 5) is 33.7. The standard InChI is InChI=1S/C12H19N3O4/c1-3-19-11(17)5-4-10(16)15-9(12(14)18)6-8(2)7-13/h8-9H,3-6H2,1-2H3,(H2,14,18)(H,15,16)/t8-,9-/m1/s1. The highest BCUT2D eigenvalue weighted by Crippen LogP contribution is 2.05. The van der Waals surface area contributed by atoms with Crippen molar-refractivity contribution in [3.8, 4) is 6.07 Å². The number of nitriles is 1. The number of ether oxygens (including phenoxy) is 1. The number of amides is 2. The van der Waals surface area contributed by atoms with E-state index in [4.69, 9.17) is 11.0 Å². The van der Waals surface area contributed by atoms with E-state index in [9.17, 15) is 14.4 Å². The maximum absolute atomic E-state index is 11.5. The van der Waals surface area contributed by atoms with Gasteiger partial charge in [-0.05, 0) is 20.3 Å². The number of carbonyl (C=O) groups is 3. The lowest BCUT2D eigenvalue weighted by Crippen LogP contribution is -2.45. The van der Waals surface area contributed by atoms with Gasteiger partial charge in [0.25, 0.3) is 0 Å². The average molecular weight is 269 g/mol. The Morgan fingerprint density at radius 3 is 2.47 bits per heavy atom. The van der Waals surface area contributed by atoms with E-state index in [1.807, 2.05) is 6.07 Å². The second-order valence-electron chi connectivity index (χ2n) is 4.09. The van der Waals surface area contributed by atoms with Crippen LogP contribution in [0.5, 0.6) is 0 Å². The van der Waals surface area contributed by atoms with Crippen LogP contribution in [0.2, 0.25) is 0 Å². The van der Waals surface area contributed by atoms with Crippen LogP contribution in [0, 0.1) is 17.2 Å². The second kappa shape index (κ2) is 8.91. The van der Waals surface area contributed by atoms with Gasteiger partial charge in [0.2, 0.25) is 11.8 Å². The van der Waals surface area contributed by atoms with Crippen molar-refractivity contribution >= 4 is 17.8 Å². The summed E-state index contributed by atoms with van der Waals surface area (Å²) in [5, 5.41) is 11.1. The first-order chi connectivity index (χ1) is 8.90. The van der Waals surface area contributed by atoms with Crippen LogP contribution >= 0.6 is 0 Å². The lowest BCUT2D eigenvalue weighted by atomic mass is 10.0. The van der Waals surface area contributed by atoms with Crippen LogP contribution in [-0.4, -0.2) is 30.4 Å². The molecule has 0 saturated carbocycles. The van der Waals surface area contributed by atoms with Gasteiger partial charge in [-0.1, -0.05) is 0 Å². The Hall–Kier alpha value is -2.10. The predicted molar refractivity (Wildman–Crippen MR) is 66.4 cm³/mol. The molecular formula is C12H19N3O4. The Bertz CT molecular complexity index is 376. The molecule has 0 bridgehead atoms. The fourth-order valence-electron chi connectivity index (χ4n) is 1.37. The normalized spacial score (nSPS) is 12.9. The van der Waals surface area contributed by atoms with E-state index < -0.39 is 29.7 Å². The molecule has 0 unspecified atom stereocenters. The van der Waals surface area contributed by atoms with Gasteiger partial charge < -0.3 is 15.8 Å². The molecule has 2 amide bonds. The Morgan fingerprint density at radius 1 is 1.37 bits per heavy atom. The van der Waals surface area contributed by atoms with E-state index in [2.05, 4.69) is 10.1 Å². The lowest BCUT2D eigenvalue weighted by molar-refractivity contribution is -0.144. The molecule has 19 heavy (non-hydrogen) atoms. The van der Waals surface area contributed by atoms with Gasteiger partial charge in [0.15, 0.2) is 0 Å². The van der Waals surface area contributed by atoms with Gasteiger partial charge in [0, 0.05) is 12.3 Å². The van der Waals surface area contributed by atoms with Gasteiger partial charge in [0.05, 0.1) is 19.1 Å². The summed E-state index contributed by atoms with van der Waals surface area (Å²) in [5.74, 6) is -2.05. The summed E-state index contributed by atoms with van der Waals surface area (Å²) >= 11 is 0. The molecule has 7 nitrogen and oxygen atoms in total. The fraction of sp³-hybridized carbons (Fsp3) is 0.667. The van der Waals surface area contributed by atoms with Crippen LogP contribution in [0.25, 0.3) is 0 Å². The summed E-state index contributed by atoms with van der Waals surface area (Å²) < 4.78 is 4.67. The molecule has 0 aliphatic heterocycles. The monoisotopic (exact) mass is 269 g/mol. The maximum Gasteiger partial charge on any atom is 0.306 e. The average Bonchev–Trinajstić information content (AvgIpc) is 2.35. The number of hydrogen-bond acceptors (Lipinski definition) is 5. The highest BCUT2D eigenvalue weighted by Gasteiger charge is 2.21. The third-order valence-electron chi connectivity index (χ3n) is 2.35. The van der Waals surface area contributed by atoms with Crippen molar-refractivity contribution in [1.82, 2.24) is 5.32 Å². The smallest absolute Gasteiger partial charge is 0.306 e. The van der Waals surface area contributed by atoms with Gasteiger partial charge in [-0.15, -0.1) is 0 Å². The third kappa shape index (κ3) is 7.76. The van der Waals surface area contributed by atoms with E-state index in [-0.39, 0.29) is 25.9 Å². The van der Waals surface area contributed by atoms with Crippen LogP contribution < -0.4 is 11.1 Å². The molecule has 0 aliphatic carbocycles. The SMILES string of the molecule is CCOC(=O)CCC(=O)N[C@H](C[C@@H](C)C#N)C(N)=O. The van der Waals surface area contributed by atoms with Gasteiger partial charge in [-0.2, -0.15) is 5.26 Å². The Morgan fingerprint density at radius 2 is 2.00 bits per heavy atom. The molecule has 0 heterocycles. The van der Waals surface area contributed by atoms with Gasteiger partial charge >= 0.3 is 5.97 Å². The molecule has 0 saturated heterocycles. The first kappa shape index (κ1) is 16.9. The first-order valence-electron chi connectivity index (χ1n) is 6.04. The minimum absolute atomic E-state index is 0.0566. The summed E-state index contributed by atoms with van der Waals surface area (Å²) in [5.41, 5.74) is 5.14. The van der Waals surface area contributed by atoms with Gasteiger partial charge in [0.1, 0.15) is 6.04 Å². The highest BCUT2D eigenvalue weighted by molar-refractivity contribution is 5.87. The van der Waals surface area contributed by atoms with E-state index in [0.29, 0.717) is 0 Å². The number of esters is 1. The Balaban J connectivity index is 4.22. The Labute approximate surface area is 112 Å². The minimum Gasteiger partial charge on any atom is -0.466 e. The summed E-state index contributed by atoms with van der Waals surface area (Å²) in [6.45, 7) is 3.55. The minimum atomic E-state index is -0.899. The predicted octanol–water partition coefficient (Wildman–Crippen LogP) is -0.150. The van der Waals surface area contributed by atoms with Crippen LogP contribution in [0.1, 0.15) is 33.1 Å². The molecule has 0 aliphatic rings. The number of hydrogen-bond donors (Lipinski definition) is 2. The summed E-state index contributed by atoms with van der Waals surface area (Å²) in [7, 11) is 0. The zero-order valence-corrected chi connectivity index (χ0v) is 11.1. The van der Waals surface area contributed by atoms with Crippen LogP contribution in [0.4, 0.5) is 0 Å². The molecular weight excluding hydrogens is 250 g/mol. The largest absolute Gasteiger partial charge is 0.466 e.